The first-order chi connectivity index (χ1) is 16.8. The molecule has 0 saturated heterocycles. The van der Waals surface area contributed by atoms with E-state index in [0.717, 1.165) is 0 Å². The molecule has 0 atom stereocenters. The summed E-state index contributed by atoms with van der Waals surface area (Å²) < 4.78 is 0. The van der Waals surface area contributed by atoms with Crippen LogP contribution in [-0.2, 0) is 0 Å². The van der Waals surface area contributed by atoms with E-state index in [9.17, 15) is 0 Å². The monoisotopic (exact) mass is 516 g/mol. The highest BCUT2D eigenvalue weighted by molar-refractivity contribution is 7.83. The molecule has 0 nitrogen and oxygen atoms in total. The minimum atomic E-state index is -0.189. The molecule has 0 bridgehead atoms. The van der Waals surface area contributed by atoms with Crippen LogP contribution in [0.15, 0.2) is 0 Å². The highest BCUT2D eigenvalue weighted by atomic mass is 35.7. The fourth-order valence-electron chi connectivity index (χ4n) is 5.07. The molecule has 0 rings (SSSR count). The molecule has 0 saturated carbocycles. The quantitative estimate of drug-likeness (QED) is 0.0657. The highest BCUT2D eigenvalue weighted by Gasteiger charge is 2.04. The van der Waals surface area contributed by atoms with E-state index >= 15 is 0 Å². The number of rotatable bonds is 30. The van der Waals surface area contributed by atoms with E-state index < -0.39 is 0 Å². The van der Waals surface area contributed by atoms with E-state index in [0.29, 0.717) is 0 Å². The SMILES string of the molecule is CCCCCCCCCCCCCCCCP(Cl)CCCCCCCCCCCCCCCC. The zero-order chi connectivity index (χ0) is 24.8. The van der Waals surface area contributed by atoms with Gasteiger partial charge in [-0.25, -0.2) is 0 Å². The fraction of sp³-hybridized carbons (Fsp3) is 1.00. The lowest BCUT2D eigenvalue weighted by Gasteiger charge is -2.09. The molecule has 0 aliphatic rings. The third kappa shape index (κ3) is 30.8. The Bertz CT molecular complexity index is 314. The summed E-state index contributed by atoms with van der Waals surface area (Å²) in [5.41, 5.74) is 0. The van der Waals surface area contributed by atoms with Crippen LogP contribution < -0.4 is 0 Å². The van der Waals surface area contributed by atoms with Crippen LogP contribution in [0.25, 0.3) is 0 Å². The molecule has 0 aromatic heterocycles. The van der Waals surface area contributed by atoms with Crippen LogP contribution in [0.5, 0.6) is 0 Å². The topological polar surface area (TPSA) is 0 Å². The fourth-order valence-corrected chi connectivity index (χ4v) is 7.14. The average molecular weight is 517 g/mol. The zero-order valence-corrected chi connectivity index (χ0v) is 25.7. The maximum Gasteiger partial charge on any atom is -0.00973 e. The van der Waals surface area contributed by atoms with Gasteiger partial charge in [-0.15, -0.1) is 0 Å². The number of hydrogen-bond donors (Lipinski definition) is 0. The summed E-state index contributed by atoms with van der Waals surface area (Å²) in [5, 5.41) is 0. The minimum absolute atomic E-state index is 0.189. The van der Waals surface area contributed by atoms with Crippen LogP contribution in [0, 0.1) is 0 Å². The lowest BCUT2D eigenvalue weighted by Crippen LogP contribution is -1.89. The number of halogens is 1. The second-order valence-corrected chi connectivity index (χ2v) is 14.4. The average Bonchev–Trinajstić information content (AvgIpc) is 2.84. The van der Waals surface area contributed by atoms with E-state index in [1.54, 1.807) is 0 Å². The predicted octanol–water partition coefficient (Wildman–Crippen LogP) is 13.6. The van der Waals surface area contributed by atoms with E-state index in [1.165, 1.54) is 192 Å². The van der Waals surface area contributed by atoms with E-state index in [4.69, 9.17) is 11.2 Å². The van der Waals surface area contributed by atoms with Crippen LogP contribution in [0.3, 0.4) is 0 Å². The maximum absolute atomic E-state index is 6.65. The first kappa shape index (κ1) is 34.7. The Labute approximate surface area is 224 Å². The molecule has 0 N–H and O–H groups in total. The van der Waals surface area contributed by atoms with Gasteiger partial charge in [0, 0.05) is 0 Å². The largest absolute Gasteiger partial charge is 0.0964 e. The third-order valence-corrected chi connectivity index (χ3v) is 10.1. The normalized spacial score (nSPS) is 11.6. The summed E-state index contributed by atoms with van der Waals surface area (Å²) in [7, 11) is -0.189. The summed E-state index contributed by atoms with van der Waals surface area (Å²) in [6, 6.07) is 0. The van der Waals surface area contributed by atoms with Gasteiger partial charge < -0.3 is 0 Å². The number of unbranched alkanes of at least 4 members (excludes halogenated alkanes) is 26. The van der Waals surface area contributed by atoms with Crippen molar-refractivity contribution in [2.24, 2.45) is 0 Å². The standard InChI is InChI=1S/C32H66ClP/c1-3-5-7-9-11-13-15-17-19-21-23-25-27-29-31-34(33)32-30-28-26-24-22-20-18-16-14-12-10-8-6-4-2/h3-32H2,1-2H3. The molecule has 2 heteroatoms. The Hall–Kier alpha value is 0.720. The van der Waals surface area contributed by atoms with Gasteiger partial charge in [0.15, 0.2) is 0 Å². The third-order valence-electron chi connectivity index (χ3n) is 7.51. The Morgan fingerprint density at radius 2 is 0.471 bits per heavy atom. The molecule has 206 valence electrons. The minimum Gasteiger partial charge on any atom is -0.0964 e. The Morgan fingerprint density at radius 3 is 0.676 bits per heavy atom. The van der Waals surface area contributed by atoms with Crippen LogP contribution in [-0.4, -0.2) is 12.3 Å². The molecule has 0 aromatic carbocycles. The van der Waals surface area contributed by atoms with Gasteiger partial charge in [-0.05, 0) is 32.4 Å². The summed E-state index contributed by atoms with van der Waals surface area (Å²) in [4.78, 5) is 0. The van der Waals surface area contributed by atoms with Gasteiger partial charge in [-0.1, -0.05) is 192 Å². The van der Waals surface area contributed by atoms with Crippen molar-refractivity contribution in [3.8, 4) is 0 Å². The Balaban J connectivity index is 3.13. The molecule has 0 aromatic rings. The molecule has 0 spiro atoms. The van der Waals surface area contributed by atoms with E-state index in [-0.39, 0.29) is 7.27 Å². The lowest BCUT2D eigenvalue weighted by atomic mass is 10.0. The van der Waals surface area contributed by atoms with Crippen molar-refractivity contribution in [2.45, 2.75) is 194 Å². The molecule has 0 fully saturated rings. The zero-order valence-electron chi connectivity index (χ0n) is 24.0. The van der Waals surface area contributed by atoms with Gasteiger partial charge in [0.05, 0.1) is 0 Å². The molecule has 34 heavy (non-hydrogen) atoms. The molecule has 0 radical (unpaired) electrons. The van der Waals surface area contributed by atoms with Crippen molar-refractivity contribution in [2.75, 3.05) is 12.3 Å². The van der Waals surface area contributed by atoms with Crippen molar-refractivity contribution in [3.05, 3.63) is 0 Å². The first-order valence-electron chi connectivity index (χ1n) is 16.2. The maximum atomic E-state index is 6.65. The molecular weight excluding hydrogens is 451 g/mol. The first-order valence-corrected chi connectivity index (χ1v) is 18.8. The van der Waals surface area contributed by atoms with Gasteiger partial charge in [0.2, 0.25) is 0 Å². The Morgan fingerprint density at radius 1 is 0.294 bits per heavy atom. The summed E-state index contributed by atoms with van der Waals surface area (Å²) in [6.07, 6.45) is 43.1. The molecule has 0 aliphatic carbocycles. The van der Waals surface area contributed by atoms with Gasteiger partial charge in [0.25, 0.3) is 0 Å². The van der Waals surface area contributed by atoms with Crippen LogP contribution in [0.1, 0.15) is 194 Å². The summed E-state index contributed by atoms with van der Waals surface area (Å²) in [5.74, 6) is 0. The summed E-state index contributed by atoms with van der Waals surface area (Å²) in [6.45, 7) is 4.60. The molecule has 0 heterocycles. The number of hydrogen-bond acceptors (Lipinski definition) is 0. The van der Waals surface area contributed by atoms with E-state index in [1.807, 2.05) is 0 Å². The molecule has 0 amide bonds. The second kappa shape index (κ2) is 31.7. The molecule has 0 unspecified atom stereocenters. The van der Waals surface area contributed by atoms with Gasteiger partial charge >= 0.3 is 0 Å². The van der Waals surface area contributed by atoms with Crippen molar-refractivity contribution < 1.29 is 0 Å². The van der Waals surface area contributed by atoms with Gasteiger partial charge in [-0.2, -0.15) is 0 Å². The smallest absolute Gasteiger partial charge is 0.00973 e. The van der Waals surface area contributed by atoms with Crippen LogP contribution in [0.4, 0.5) is 0 Å². The summed E-state index contributed by atoms with van der Waals surface area (Å²) >= 11 is 6.65. The Kier molecular flexibility index (Phi) is 32.4. The second-order valence-electron chi connectivity index (χ2n) is 11.1. The highest BCUT2D eigenvalue weighted by Crippen LogP contribution is 2.43. The van der Waals surface area contributed by atoms with Crippen molar-refractivity contribution in [3.63, 3.8) is 0 Å². The van der Waals surface area contributed by atoms with E-state index in [2.05, 4.69) is 13.8 Å². The van der Waals surface area contributed by atoms with Crippen molar-refractivity contribution in [1.29, 1.82) is 0 Å². The molecule has 0 aliphatic heterocycles. The van der Waals surface area contributed by atoms with Gasteiger partial charge in [-0.3, -0.25) is 0 Å². The van der Waals surface area contributed by atoms with Gasteiger partial charge in [0.1, 0.15) is 0 Å². The van der Waals surface area contributed by atoms with Crippen molar-refractivity contribution >= 4 is 18.5 Å². The van der Waals surface area contributed by atoms with Crippen LogP contribution >= 0.6 is 18.5 Å². The lowest BCUT2D eigenvalue weighted by molar-refractivity contribution is 0.538. The molecular formula is C32H66ClP. The van der Waals surface area contributed by atoms with Crippen molar-refractivity contribution in [1.82, 2.24) is 0 Å². The van der Waals surface area contributed by atoms with Crippen LogP contribution in [0.2, 0.25) is 0 Å². The predicted molar refractivity (Wildman–Crippen MR) is 163 cm³/mol.